The fraction of sp³-hybridized carbons (Fsp3) is 0.471. The lowest BCUT2D eigenvalue weighted by atomic mass is 9.86. The Bertz CT molecular complexity index is 472. The van der Waals surface area contributed by atoms with E-state index < -0.39 is 0 Å². The van der Waals surface area contributed by atoms with Gasteiger partial charge in [-0.25, -0.2) is 0 Å². The van der Waals surface area contributed by atoms with Crippen LogP contribution in [0, 0.1) is 6.92 Å². The van der Waals surface area contributed by atoms with Gasteiger partial charge in [-0.3, -0.25) is 4.79 Å². The van der Waals surface area contributed by atoms with Crippen LogP contribution in [0.4, 0.5) is 0 Å². The Balaban J connectivity index is 3.35. The molecular weight excluding hydrogens is 300 g/mol. The van der Waals surface area contributed by atoms with Gasteiger partial charge in [-0.1, -0.05) is 61.0 Å². The molecule has 104 valence electrons. The van der Waals surface area contributed by atoms with Crippen molar-refractivity contribution in [1.29, 1.82) is 0 Å². The summed E-state index contributed by atoms with van der Waals surface area (Å²) in [4.78, 5) is 12.3. The average molecular weight is 323 g/mol. The van der Waals surface area contributed by atoms with Crippen LogP contribution in [0.15, 0.2) is 24.3 Å². The van der Waals surface area contributed by atoms with E-state index in [9.17, 15) is 4.79 Å². The van der Waals surface area contributed by atoms with E-state index in [0.717, 1.165) is 22.9 Å². The first-order valence-electron chi connectivity index (χ1n) is 6.92. The summed E-state index contributed by atoms with van der Waals surface area (Å²) in [5.74, 6) is 0.652. The summed E-state index contributed by atoms with van der Waals surface area (Å²) in [6.45, 7) is 8.57. The number of allylic oxidation sites excluding steroid dienone is 2. The van der Waals surface area contributed by atoms with Gasteiger partial charge >= 0.3 is 0 Å². The zero-order valence-electron chi connectivity index (χ0n) is 12.3. The summed E-state index contributed by atoms with van der Waals surface area (Å²) in [6.07, 6.45) is 3.50. The van der Waals surface area contributed by atoms with Gasteiger partial charge in [0.2, 0.25) is 0 Å². The third-order valence-corrected chi connectivity index (χ3v) is 3.62. The van der Waals surface area contributed by atoms with Crippen molar-refractivity contribution < 1.29 is 4.79 Å². The molecule has 0 heterocycles. The largest absolute Gasteiger partial charge is 0.294 e. The van der Waals surface area contributed by atoms with Crippen LogP contribution in [-0.4, -0.2) is 11.1 Å². The number of ketones is 1. The Morgan fingerprint density at radius 2 is 2.05 bits per heavy atom. The highest BCUT2D eigenvalue weighted by atomic mass is 79.9. The number of aryl methyl sites for hydroxylation is 1. The molecule has 0 spiro atoms. The first kappa shape index (κ1) is 16.2. The maximum Gasteiger partial charge on any atom is 0.163 e. The van der Waals surface area contributed by atoms with Crippen LogP contribution in [-0.2, 0) is 4.79 Å². The number of hydrogen-bond acceptors (Lipinski definition) is 1. The third kappa shape index (κ3) is 4.04. The summed E-state index contributed by atoms with van der Waals surface area (Å²) in [5, 5.41) is 0.718. The molecule has 0 aliphatic rings. The van der Waals surface area contributed by atoms with Crippen LogP contribution >= 0.6 is 15.9 Å². The smallest absolute Gasteiger partial charge is 0.163 e. The molecule has 0 aliphatic heterocycles. The number of benzene rings is 1. The maximum absolute atomic E-state index is 12.3. The highest BCUT2D eigenvalue weighted by molar-refractivity contribution is 9.09. The predicted molar refractivity (Wildman–Crippen MR) is 87.0 cm³/mol. The van der Waals surface area contributed by atoms with Gasteiger partial charge in [0, 0.05) is 17.3 Å². The second kappa shape index (κ2) is 7.64. The molecule has 19 heavy (non-hydrogen) atoms. The molecule has 1 rings (SSSR count). The lowest BCUT2D eigenvalue weighted by molar-refractivity contribution is -0.113. The summed E-state index contributed by atoms with van der Waals surface area (Å²) in [6, 6.07) is 6.24. The molecule has 0 N–H and O–H groups in total. The zero-order valence-corrected chi connectivity index (χ0v) is 13.9. The van der Waals surface area contributed by atoms with Gasteiger partial charge < -0.3 is 0 Å². The van der Waals surface area contributed by atoms with Crippen molar-refractivity contribution in [3.05, 3.63) is 41.0 Å². The lowest BCUT2D eigenvalue weighted by Gasteiger charge is -2.17. The van der Waals surface area contributed by atoms with Crippen molar-refractivity contribution in [2.24, 2.45) is 0 Å². The maximum atomic E-state index is 12.3. The molecule has 0 unspecified atom stereocenters. The van der Waals surface area contributed by atoms with Crippen molar-refractivity contribution in [2.45, 2.75) is 46.5 Å². The van der Waals surface area contributed by atoms with E-state index in [-0.39, 0.29) is 5.78 Å². The summed E-state index contributed by atoms with van der Waals surface area (Å²) < 4.78 is 0. The van der Waals surface area contributed by atoms with Crippen molar-refractivity contribution >= 4 is 27.3 Å². The first-order valence-corrected chi connectivity index (χ1v) is 8.04. The zero-order chi connectivity index (χ0) is 14.4. The van der Waals surface area contributed by atoms with Crippen LogP contribution in [0.1, 0.15) is 56.2 Å². The van der Waals surface area contributed by atoms with Gasteiger partial charge in [0.05, 0.1) is 0 Å². The quantitative estimate of drug-likeness (QED) is 0.515. The Hall–Kier alpha value is -0.890. The molecule has 0 aliphatic carbocycles. The van der Waals surface area contributed by atoms with Crippen molar-refractivity contribution in [3.8, 4) is 0 Å². The predicted octanol–water partition coefficient (Wildman–Crippen LogP) is 5.27. The van der Waals surface area contributed by atoms with Crippen molar-refractivity contribution in [3.63, 3.8) is 0 Å². The molecule has 2 heteroatoms. The first-order chi connectivity index (χ1) is 9.02. The molecular formula is C17H23BrO. The SMILES string of the molecule is CC/C=C(/C(=O)CCBr)c1cccc(C)c1C(C)C. The highest BCUT2D eigenvalue weighted by Crippen LogP contribution is 2.30. The van der Waals surface area contributed by atoms with E-state index in [1.165, 1.54) is 11.1 Å². The minimum atomic E-state index is 0.228. The normalized spacial score (nSPS) is 12.0. The van der Waals surface area contributed by atoms with Gasteiger partial charge in [0.15, 0.2) is 5.78 Å². The Morgan fingerprint density at radius 1 is 1.37 bits per heavy atom. The number of rotatable bonds is 6. The summed E-state index contributed by atoms with van der Waals surface area (Å²) in [5.41, 5.74) is 4.56. The summed E-state index contributed by atoms with van der Waals surface area (Å²) in [7, 11) is 0. The van der Waals surface area contributed by atoms with Crippen LogP contribution in [0.3, 0.4) is 0 Å². The molecule has 1 aromatic carbocycles. The van der Waals surface area contributed by atoms with E-state index in [0.29, 0.717) is 12.3 Å². The number of hydrogen-bond donors (Lipinski definition) is 0. The number of carbonyl (C=O) groups excluding carboxylic acids is 1. The lowest BCUT2D eigenvalue weighted by Crippen LogP contribution is -2.07. The molecule has 0 radical (unpaired) electrons. The van der Waals surface area contributed by atoms with Gasteiger partial charge in [-0.15, -0.1) is 0 Å². The Labute approximate surface area is 125 Å². The fourth-order valence-electron chi connectivity index (χ4n) is 2.48. The highest BCUT2D eigenvalue weighted by Gasteiger charge is 2.17. The van der Waals surface area contributed by atoms with E-state index in [2.05, 4.69) is 61.8 Å². The second-order valence-corrected chi connectivity index (χ2v) is 5.87. The third-order valence-electron chi connectivity index (χ3n) is 3.22. The fourth-order valence-corrected chi connectivity index (χ4v) is 2.84. The van der Waals surface area contributed by atoms with Gasteiger partial charge in [-0.2, -0.15) is 0 Å². The van der Waals surface area contributed by atoms with Crippen LogP contribution in [0.5, 0.6) is 0 Å². The van der Waals surface area contributed by atoms with Crippen LogP contribution in [0.2, 0.25) is 0 Å². The molecule has 1 aromatic rings. The number of halogens is 1. The molecule has 0 fully saturated rings. The van der Waals surface area contributed by atoms with E-state index in [1.54, 1.807) is 0 Å². The molecule has 0 saturated carbocycles. The number of alkyl halides is 1. The van der Waals surface area contributed by atoms with Crippen molar-refractivity contribution in [2.75, 3.05) is 5.33 Å². The molecule has 0 atom stereocenters. The monoisotopic (exact) mass is 322 g/mol. The summed E-state index contributed by atoms with van der Waals surface area (Å²) >= 11 is 3.36. The topological polar surface area (TPSA) is 17.1 Å². The molecule has 0 saturated heterocycles. The second-order valence-electron chi connectivity index (χ2n) is 5.08. The van der Waals surface area contributed by atoms with Gasteiger partial charge in [-0.05, 0) is 36.0 Å². The minimum absolute atomic E-state index is 0.228. The molecule has 0 bridgehead atoms. The number of Topliss-reactive ketones (excluding diaryl/α,β-unsaturated/α-hetero) is 1. The van der Waals surface area contributed by atoms with Gasteiger partial charge in [0.25, 0.3) is 0 Å². The van der Waals surface area contributed by atoms with E-state index in [1.807, 2.05) is 6.07 Å². The average Bonchev–Trinajstić information content (AvgIpc) is 2.35. The van der Waals surface area contributed by atoms with E-state index in [4.69, 9.17) is 0 Å². The number of carbonyl (C=O) groups is 1. The van der Waals surface area contributed by atoms with Gasteiger partial charge in [0.1, 0.15) is 0 Å². The van der Waals surface area contributed by atoms with Crippen LogP contribution < -0.4 is 0 Å². The van der Waals surface area contributed by atoms with Crippen LogP contribution in [0.25, 0.3) is 5.57 Å². The van der Waals surface area contributed by atoms with E-state index >= 15 is 0 Å². The molecule has 0 aromatic heterocycles. The molecule has 1 nitrogen and oxygen atoms in total. The van der Waals surface area contributed by atoms with Crippen molar-refractivity contribution in [1.82, 2.24) is 0 Å². The Kier molecular flexibility index (Phi) is 6.50. The molecule has 0 amide bonds. The minimum Gasteiger partial charge on any atom is -0.294 e. The Morgan fingerprint density at radius 3 is 2.58 bits per heavy atom. The standard InChI is InChI=1S/C17H23BrO/c1-5-7-14(16(19)10-11-18)15-9-6-8-13(4)17(15)12(2)3/h6-9,12H,5,10-11H2,1-4H3/b14-7+.